The van der Waals surface area contributed by atoms with E-state index in [0.717, 1.165) is 16.2 Å². The van der Waals surface area contributed by atoms with Gasteiger partial charge in [0.05, 0.1) is 26.2 Å². The first-order chi connectivity index (χ1) is 12.8. The van der Waals surface area contributed by atoms with Crippen LogP contribution in [0, 0.1) is 17.0 Å². The van der Waals surface area contributed by atoms with Crippen LogP contribution in [-0.4, -0.2) is 38.6 Å². The fourth-order valence-electron chi connectivity index (χ4n) is 2.78. The summed E-state index contributed by atoms with van der Waals surface area (Å²) in [6.07, 6.45) is 0. The van der Waals surface area contributed by atoms with Crippen LogP contribution >= 0.6 is 0 Å². The fraction of sp³-hybridized carbons (Fsp3) is 0.316. The van der Waals surface area contributed by atoms with Gasteiger partial charge in [-0.1, -0.05) is 12.1 Å². The highest BCUT2D eigenvalue weighted by Crippen LogP contribution is 2.32. The molecule has 8 nitrogen and oxygen atoms in total. The van der Waals surface area contributed by atoms with Gasteiger partial charge in [-0.05, 0) is 24.6 Å². The molecule has 2 aromatic carbocycles. The Bertz CT molecular complexity index is 838. The second kappa shape index (κ2) is 9.00. The van der Waals surface area contributed by atoms with Crippen LogP contribution in [0.25, 0.3) is 0 Å². The highest BCUT2D eigenvalue weighted by atomic mass is 16.6. The number of nitro groups is 1. The van der Waals surface area contributed by atoms with Crippen molar-refractivity contribution in [1.29, 1.82) is 0 Å². The van der Waals surface area contributed by atoms with Crippen molar-refractivity contribution in [1.82, 2.24) is 0 Å². The van der Waals surface area contributed by atoms with Crippen molar-refractivity contribution in [2.24, 2.45) is 0 Å². The lowest BCUT2D eigenvalue weighted by Gasteiger charge is -2.15. The van der Waals surface area contributed by atoms with Crippen LogP contribution in [0.4, 0.5) is 11.4 Å². The molecule has 8 heteroatoms. The standard InChI is InChI=1S/C19H23N3O5/c1-13-8-17(22(24)25)18(27-4)10-16(13)20-19(23)12-21(2)11-14-6-5-7-15(9-14)26-3/h5-10H,11-12H2,1-4H3,(H,20,23)/p+1. The summed E-state index contributed by atoms with van der Waals surface area (Å²) in [6.45, 7) is 2.61. The summed E-state index contributed by atoms with van der Waals surface area (Å²) in [4.78, 5) is 23.9. The van der Waals surface area contributed by atoms with Crippen LogP contribution < -0.4 is 19.7 Å². The van der Waals surface area contributed by atoms with Crippen molar-refractivity contribution in [3.05, 3.63) is 57.6 Å². The number of quaternary nitrogens is 1. The third kappa shape index (κ3) is 5.42. The number of carbonyl (C=O) groups is 1. The number of amides is 1. The Balaban J connectivity index is 2.03. The number of aryl methyl sites for hydroxylation is 1. The number of rotatable bonds is 8. The topological polar surface area (TPSA) is 95.1 Å². The Morgan fingerprint density at radius 3 is 2.59 bits per heavy atom. The van der Waals surface area contributed by atoms with Crippen molar-refractivity contribution < 1.29 is 24.1 Å². The molecule has 0 aliphatic rings. The molecule has 0 aromatic heterocycles. The minimum absolute atomic E-state index is 0.109. The molecule has 1 amide bonds. The van der Waals surface area contributed by atoms with E-state index in [1.54, 1.807) is 14.0 Å². The van der Waals surface area contributed by atoms with E-state index in [4.69, 9.17) is 9.47 Å². The quantitative estimate of drug-likeness (QED) is 0.540. The molecule has 0 aliphatic carbocycles. The molecule has 0 fully saturated rings. The predicted octanol–water partition coefficient (Wildman–Crippen LogP) is 1.57. The summed E-state index contributed by atoms with van der Waals surface area (Å²) in [7, 11) is 4.89. The van der Waals surface area contributed by atoms with Gasteiger partial charge in [-0.25, -0.2) is 0 Å². The Kier molecular flexibility index (Phi) is 6.73. The number of nitrogens with one attached hydrogen (secondary N) is 2. The lowest BCUT2D eigenvalue weighted by molar-refractivity contribution is -0.885. The Labute approximate surface area is 157 Å². The van der Waals surface area contributed by atoms with Gasteiger partial charge >= 0.3 is 5.69 Å². The van der Waals surface area contributed by atoms with Crippen molar-refractivity contribution in [2.75, 3.05) is 33.1 Å². The molecule has 0 spiro atoms. The summed E-state index contributed by atoms with van der Waals surface area (Å²) in [5.41, 5.74) is 2.03. The van der Waals surface area contributed by atoms with E-state index >= 15 is 0 Å². The smallest absolute Gasteiger partial charge is 0.311 e. The molecule has 0 bridgehead atoms. The molecule has 2 aromatic rings. The monoisotopic (exact) mass is 374 g/mol. The molecule has 0 saturated carbocycles. The molecule has 0 radical (unpaired) electrons. The zero-order chi connectivity index (χ0) is 20.0. The Hall–Kier alpha value is -3.13. The number of hydrogen-bond acceptors (Lipinski definition) is 5. The second-order valence-corrected chi connectivity index (χ2v) is 6.31. The number of nitrogens with zero attached hydrogens (tertiary/aromatic N) is 1. The van der Waals surface area contributed by atoms with E-state index in [2.05, 4.69) is 5.32 Å². The maximum Gasteiger partial charge on any atom is 0.311 e. The van der Waals surface area contributed by atoms with Crippen LogP contribution in [0.3, 0.4) is 0 Å². The number of methoxy groups -OCH3 is 2. The van der Waals surface area contributed by atoms with Gasteiger partial charge in [-0.3, -0.25) is 14.9 Å². The number of carbonyl (C=O) groups excluding carboxylic acids is 1. The van der Waals surface area contributed by atoms with E-state index < -0.39 is 4.92 Å². The van der Waals surface area contributed by atoms with E-state index in [1.165, 1.54) is 19.2 Å². The molecule has 0 saturated heterocycles. The number of hydrogen-bond donors (Lipinski definition) is 2. The molecular weight excluding hydrogens is 350 g/mol. The molecule has 27 heavy (non-hydrogen) atoms. The minimum atomic E-state index is -0.510. The Morgan fingerprint density at radius 1 is 1.22 bits per heavy atom. The molecule has 2 rings (SSSR count). The lowest BCUT2D eigenvalue weighted by Crippen LogP contribution is -3.08. The van der Waals surface area contributed by atoms with Crippen LogP contribution in [0.2, 0.25) is 0 Å². The summed E-state index contributed by atoms with van der Waals surface area (Å²) in [6, 6.07) is 10.6. The highest BCUT2D eigenvalue weighted by molar-refractivity contribution is 5.92. The first kappa shape index (κ1) is 20.2. The SMILES string of the molecule is COc1cccc(C[NH+](C)CC(=O)Nc2cc(OC)c([N+](=O)[O-])cc2C)c1. The normalized spacial score (nSPS) is 11.6. The molecule has 0 aliphatic heterocycles. The zero-order valence-electron chi connectivity index (χ0n) is 15.9. The third-order valence-corrected chi connectivity index (χ3v) is 4.10. The molecule has 144 valence electrons. The van der Waals surface area contributed by atoms with Gasteiger partial charge in [0.25, 0.3) is 5.91 Å². The molecule has 2 N–H and O–H groups in total. The summed E-state index contributed by atoms with van der Waals surface area (Å²) < 4.78 is 10.3. The zero-order valence-corrected chi connectivity index (χ0v) is 15.9. The summed E-state index contributed by atoms with van der Waals surface area (Å²) >= 11 is 0. The lowest BCUT2D eigenvalue weighted by atomic mass is 10.1. The first-order valence-corrected chi connectivity index (χ1v) is 8.41. The number of nitro benzene ring substituents is 1. The highest BCUT2D eigenvalue weighted by Gasteiger charge is 2.19. The minimum Gasteiger partial charge on any atom is -0.497 e. The first-order valence-electron chi connectivity index (χ1n) is 8.41. The van der Waals surface area contributed by atoms with E-state index in [9.17, 15) is 14.9 Å². The molecule has 1 atom stereocenters. The van der Waals surface area contributed by atoms with E-state index in [1.807, 2.05) is 31.3 Å². The van der Waals surface area contributed by atoms with Crippen molar-refractivity contribution >= 4 is 17.3 Å². The average molecular weight is 374 g/mol. The second-order valence-electron chi connectivity index (χ2n) is 6.31. The van der Waals surface area contributed by atoms with Gasteiger partial charge in [-0.15, -0.1) is 0 Å². The molecule has 1 unspecified atom stereocenters. The van der Waals surface area contributed by atoms with Crippen LogP contribution in [0.5, 0.6) is 11.5 Å². The number of ether oxygens (including phenoxy) is 2. The average Bonchev–Trinajstić information content (AvgIpc) is 2.62. The van der Waals surface area contributed by atoms with Crippen LogP contribution in [0.15, 0.2) is 36.4 Å². The van der Waals surface area contributed by atoms with Gasteiger partial charge in [0.2, 0.25) is 0 Å². The Morgan fingerprint density at radius 2 is 1.96 bits per heavy atom. The van der Waals surface area contributed by atoms with Crippen LogP contribution in [-0.2, 0) is 11.3 Å². The van der Waals surface area contributed by atoms with Crippen molar-refractivity contribution in [2.45, 2.75) is 13.5 Å². The third-order valence-electron chi connectivity index (χ3n) is 4.10. The van der Waals surface area contributed by atoms with Crippen LogP contribution in [0.1, 0.15) is 11.1 Å². The van der Waals surface area contributed by atoms with Gasteiger partial charge in [0, 0.05) is 23.4 Å². The summed E-state index contributed by atoms with van der Waals surface area (Å²) in [5.74, 6) is 0.700. The number of likely N-dealkylation sites (N-methyl/N-ethyl adjacent to an activating group) is 1. The summed E-state index contributed by atoms with van der Waals surface area (Å²) in [5, 5.41) is 13.9. The van der Waals surface area contributed by atoms with Gasteiger partial charge < -0.3 is 19.7 Å². The van der Waals surface area contributed by atoms with Gasteiger partial charge in [-0.2, -0.15) is 0 Å². The van der Waals surface area contributed by atoms with Crippen molar-refractivity contribution in [3.63, 3.8) is 0 Å². The van der Waals surface area contributed by atoms with Gasteiger partial charge in [0.1, 0.15) is 12.3 Å². The maximum absolute atomic E-state index is 12.4. The van der Waals surface area contributed by atoms with Crippen molar-refractivity contribution in [3.8, 4) is 11.5 Å². The molecule has 0 heterocycles. The molecular formula is C19H24N3O5+. The van der Waals surface area contributed by atoms with E-state index in [0.29, 0.717) is 17.8 Å². The largest absolute Gasteiger partial charge is 0.497 e. The van der Waals surface area contributed by atoms with E-state index in [-0.39, 0.29) is 23.9 Å². The number of anilines is 1. The number of benzene rings is 2. The fourth-order valence-corrected chi connectivity index (χ4v) is 2.78. The van der Waals surface area contributed by atoms with Gasteiger partial charge in [0.15, 0.2) is 12.3 Å². The maximum atomic E-state index is 12.4. The predicted molar refractivity (Wildman–Crippen MR) is 101 cm³/mol.